The lowest BCUT2D eigenvalue weighted by atomic mass is 9.64. The van der Waals surface area contributed by atoms with Crippen molar-refractivity contribution in [3.8, 4) is 5.75 Å². The highest BCUT2D eigenvalue weighted by Crippen LogP contribution is 2.43. The van der Waals surface area contributed by atoms with Crippen molar-refractivity contribution in [2.24, 2.45) is 11.7 Å². The number of nitrogens with zero attached hydrogens (tertiary/aromatic N) is 4. The summed E-state index contributed by atoms with van der Waals surface area (Å²) in [4.78, 5) is 25.6. The lowest BCUT2D eigenvalue weighted by Crippen LogP contribution is -2.49. The third-order valence-electron chi connectivity index (χ3n) is 11.2. The van der Waals surface area contributed by atoms with E-state index >= 15 is 0 Å². The lowest BCUT2D eigenvalue weighted by molar-refractivity contribution is -0.123. The molecule has 1 aromatic heterocycles. The number of carbonyl (C=O) groups excluding carboxylic acids is 1. The molecule has 1 atom stereocenters. The molecule has 0 unspecified atom stereocenters. The largest absolute Gasteiger partial charge is 0.496 e. The number of carbonyl (C=O) groups is 1. The second-order valence-electron chi connectivity index (χ2n) is 14.4. The summed E-state index contributed by atoms with van der Waals surface area (Å²) in [6, 6.07) is 23.1. The normalized spacial score (nSPS) is 17.9. The average molecular weight is 668 g/mol. The fourth-order valence-corrected chi connectivity index (χ4v) is 8.63. The first kappa shape index (κ1) is 37.0. The number of piperidine rings is 1. The number of nitrogens with two attached hydrogens (primary N) is 1. The van der Waals surface area contributed by atoms with Gasteiger partial charge < -0.3 is 20.3 Å². The molecule has 0 spiro atoms. The fraction of sp³-hybridized carbons (Fsp3) is 0.571. The maximum absolute atomic E-state index is 13.4. The van der Waals surface area contributed by atoms with Gasteiger partial charge in [0.1, 0.15) is 11.2 Å². The molecule has 2 aromatic carbocycles. The number of rotatable bonds is 20. The van der Waals surface area contributed by atoms with E-state index in [1.54, 1.807) is 13.3 Å². The molecule has 2 N–H and O–H groups in total. The van der Waals surface area contributed by atoms with Gasteiger partial charge in [0.2, 0.25) is 5.91 Å². The summed E-state index contributed by atoms with van der Waals surface area (Å²) in [7, 11) is 1.75. The van der Waals surface area contributed by atoms with Crippen molar-refractivity contribution in [3.63, 3.8) is 0 Å². The van der Waals surface area contributed by atoms with Gasteiger partial charge in [0, 0.05) is 37.1 Å². The molecule has 0 saturated carbocycles. The van der Waals surface area contributed by atoms with E-state index in [2.05, 4.69) is 50.9 Å². The minimum Gasteiger partial charge on any atom is -0.496 e. The van der Waals surface area contributed by atoms with E-state index in [0.717, 1.165) is 62.6 Å². The minimum absolute atomic E-state index is 0.172. The quantitative estimate of drug-likeness (QED) is 0.128. The Balaban J connectivity index is 0.975. The molecule has 7 heteroatoms. The molecule has 5 rings (SSSR count). The zero-order valence-corrected chi connectivity index (χ0v) is 30.3. The number of hydrogen-bond donors (Lipinski definition) is 1. The Kier molecular flexibility index (Phi) is 14.5. The van der Waals surface area contributed by atoms with E-state index in [1.165, 1.54) is 82.9 Å². The summed E-state index contributed by atoms with van der Waals surface area (Å²) < 4.78 is 5.55. The predicted molar refractivity (Wildman–Crippen MR) is 201 cm³/mol. The van der Waals surface area contributed by atoms with Crippen LogP contribution >= 0.6 is 0 Å². The first-order valence-corrected chi connectivity index (χ1v) is 19.1. The number of hydrogen-bond acceptors (Lipinski definition) is 6. The van der Waals surface area contributed by atoms with E-state index in [4.69, 9.17) is 10.5 Å². The van der Waals surface area contributed by atoms with Crippen LogP contribution in [0.15, 0.2) is 79.1 Å². The van der Waals surface area contributed by atoms with Crippen molar-refractivity contribution in [2.45, 2.75) is 95.6 Å². The first-order valence-electron chi connectivity index (χ1n) is 19.1. The summed E-state index contributed by atoms with van der Waals surface area (Å²) in [6.07, 6.45) is 17.6. The van der Waals surface area contributed by atoms with Crippen LogP contribution in [0.4, 0.5) is 0 Å². The number of primary amides is 1. The Labute approximate surface area is 296 Å². The van der Waals surface area contributed by atoms with Crippen molar-refractivity contribution < 1.29 is 9.53 Å². The number of aromatic nitrogens is 1. The van der Waals surface area contributed by atoms with Crippen LogP contribution in [0.2, 0.25) is 0 Å². The van der Waals surface area contributed by atoms with E-state index in [1.807, 2.05) is 48.7 Å². The van der Waals surface area contributed by atoms with E-state index in [9.17, 15) is 4.79 Å². The molecule has 2 aliphatic rings. The Morgan fingerprint density at radius 3 is 2.06 bits per heavy atom. The third-order valence-corrected chi connectivity index (χ3v) is 11.2. The molecule has 2 aliphatic heterocycles. The van der Waals surface area contributed by atoms with Gasteiger partial charge in [0.25, 0.3) is 0 Å². The number of unbranched alkanes of at least 4 members (excludes halogenated alkanes) is 6. The second kappa shape index (κ2) is 19.2. The third kappa shape index (κ3) is 9.71. The standard InChI is InChI=1S/C42H61N5O2/c1-3-26-47(39-23-30-46(31-24-39)33-35-32-44-25-21-40(35)49-2)28-16-8-6-4-5-7-15-27-45-29-22-38(34-45)42(41(43)48,36-17-11-9-12-18-36)37-19-13-10-14-20-37/h9-14,17-21,25,32,38-39H,3-8,15-16,22-24,26-31,33-34H2,1-2H3,(H2,43,48)/t38-/m1/s1. The summed E-state index contributed by atoms with van der Waals surface area (Å²) in [5, 5.41) is 0. The molecule has 7 nitrogen and oxygen atoms in total. The summed E-state index contributed by atoms with van der Waals surface area (Å²) >= 11 is 0. The fourth-order valence-electron chi connectivity index (χ4n) is 8.63. The van der Waals surface area contributed by atoms with Crippen LogP contribution in [-0.2, 0) is 16.8 Å². The monoisotopic (exact) mass is 667 g/mol. The number of benzene rings is 2. The van der Waals surface area contributed by atoms with E-state index in [0.29, 0.717) is 6.04 Å². The smallest absolute Gasteiger partial charge is 0.232 e. The Hall–Kier alpha value is -3.26. The Morgan fingerprint density at radius 1 is 0.837 bits per heavy atom. The molecule has 2 saturated heterocycles. The maximum Gasteiger partial charge on any atom is 0.232 e. The lowest BCUT2D eigenvalue weighted by Gasteiger charge is -2.38. The van der Waals surface area contributed by atoms with Crippen molar-refractivity contribution in [1.29, 1.82) is 0 Å². The summed E-state index contributed by atoms with van der Waals surface area (Å²) in [5.74, 6) is 0.879. The number of likely N-dealkylation sites (tertiary alicyclic amines) is 2. The molecule has 3 aromatic rings. The van der Waals surface area contributed by atoms with Crippen LogP contribution in [0.3, 0.4) is 0 Å². The van der Waals surface area contributed by atoms with Crippen LogP contribution < -0.4 is 10.5 Å². The molecule has 49 heavy (non-hydrogen) atoms. The van der Waals surface area contributed by atoms with Gasteiger partial charge in [-0.25, -0.2) is 0 Å². The van der Waals surface area contributed by atoms with Gasteiger partial charge in [-0.1, -0.05) is 99.7 Å². The minimum atomic E-state index is -0.795. The number of pyridine rings is 1. The van der Waals surface area contributed by atoms with E-state index in [-0.39, 0.29) is 11.8 Å². The highest BCUT2D eigenvalue weighted by atomic mass is 16.5. The van der Waals surface area contributed by atoms with Crippen molar-refractivity contribution in [2.75, 3.05) is 52.9 Å². The molecule has 3 heterocycles. The van der Waals surface area contributed by atoms with Crippen molar-refractivity contribution in [3.05, 3.63) is 95.8 Å². The average Bonchev–Trinajstić information content (AvgIpc) is 3.61. The molecule has 0 radical (unpaired) electrons. The molecule has 266 valence electrons. The number of ether oxygens (including phenoxy) is 1. The molecular weight excluding hydrogens is 606 g/mol. The van der Waals surface area contributed by atoms with Crippen LogP contribution in [0.25, 0.3) is 0 Å². The van der Waals surface area contributed by atoms with Crippen molar-refractivity contribution >= 4 is 5.91 Å². The van der Waals surface area contributed by atoms with Crippen LogP contribution in [0, 0.1) is 5.92 Å². The molecular formula is C42H61N5O2. The molecule has 0 bridgehead atoms. The van der Waals surface area contributed by atoms with Crippen LogP contribution in [0.1, 0.15) is 94.2 Å². The maximum atomic E-state index is 13.4. The topological polar surface area (TPSA) is 74.9 Å². The zero-order valence-electron chi connectivity index (χ0n) is 30.3. The predicted octanol–water partition coefficient (Wildman–Crippen LogP) is 7.29. The van der Waals surface area contributed by atoms with Gasteiger partial charge in [0.15, 0.2) is 0 Å². The number of methoxy groups -OCH3 is 1. The molecule has 0 aliphatic carbocycles. The second-order valence-corrected chi connectivity index (χ2v) is 14.4. The van der Waals surface area contributed by atoms with Gasteiger partial charge in [-0.15, -0.1) is 0 Å². The summed E-state index contributed by atoms with van der Waals surface area (Å²) in [5.41, 5.74) is 8.71. The van der Waals surface area contributed by atoms with Gasteiger partial charge in [-0.2, -0.15) is 0 Å². The molecule has 1 amide bonds. The van der Waals surface area contributed by atoms with Gasteiger partial charge >= 0.3 is 0 Å². The van der Waals surface area contributed by atoms with Crippen LogP contribution in [-0.4, -0.2) is 84.6 Å². The number of amides is 1. The SMILES string of the molecule is CCCN(CCCCCCCCCN1CC[C@@H](C(C(N)=O)(c2ccccc2)c2ccccc2)C1)C1CCN(Cc2cnccc2OC)CC1. The Bertz CT molecular complexity index is 1340. The zero-order chi connectivity index (χ0) is 34.3. The highest BCUT2D eigenvalue weighted by Gasteiger charge is 2.49. The van der Waals surface area contributed by atoms with Crippen molar-refractivity contribution in [1.82, 2.24) is 19.7 Å². The first-order chi connectivity index (χ1) is 24.1. The molecule has 2 fully saturated rings. The van der Waals surface area contributed by atoms with Crippen LogP contribution in [0.5, 0.6) is 5.75 Å². The summed E-state index contributed by atoms with van der Waals surface area (Å²) in [6.45, 7) is 11.1. The van der Waals surface area contributed by atoms with Gasteiger partial charge in [0.05, 0.1) is 7.11 Å². The van der Waals surface area contributed by atoms with Gasteiger partial charge in [-0.3, -0.25) is 14.7 Å². The van der Waals surface area contributed by atoms with Gasteiger partial charge in [-0.05, 0) is 101 Å². The van der Waals surface area contributed by atoms with E-state index < -0.39 is 5.41 Å². The Morgan fingerprint density at radius 2 is 1.45 bits per heavy atom. The highest BCUT2D eigenvalue weighted by molar-refractivity contribution is 5.91.